The molecule has 28 heavy (non-hydrogen) atoms. The van der Waals surface area contributed by atoms with Crippen LogP contribution in [0.1, 0.15) is 35.1 Å². The van der Waals surface area contributed by atoms with E-state index in [0.717, 1.165) is 17.7 Å². The number of halogens is 1. The molecule has 0 radical (unpaired) electrons. The number of ether oxygens (including phenoxy) is 2. The van der Waals surface area contributed by atoms with Crippen molar-refractivity contribution in [3.05, 3.63) is 94.5 Å². The van der Waals surface area contributed by atoms with Gasteiger partial charge in [-0.3, -0.25) is 0 Å². The molecule has 4 nitrogen and oxygen atoms in total. The Morgan fingerprint density at radius 2 is 1.86 bits per heavy atom. The first kappa shape index (κ1) is 18.4. The second kappa shape index (κ2) is 7.95. The van der Waals surface area contributed by atoms with Crippen molar-refractivity contribution in [1.82, 2.24) is 0 Å². The molecule has 3 aromatic carbocycles. The zero-order valence-corrected chi connectivity index (χ0v) is 15.8. The summed E-state index contributed by atoms with van der Waals surface area (Å²) >= 11 is 5.99. The molecule has 0 saturated heterocycles. The molecule has 0 aliphatic carbocycles. The minimum atomic E-state index is -1.12. The molecule has 0 amide bonds. The lowest BCUT2D eigenvalue weighted by Gasteiger charge is -2.26. The molecule has 1 aliphatic rings. The topological polar surface area (TPSA) is 55.8 Å². The Bertz CT molecular complexity index is 984. The highest BCUT2D eigenvalue weighted by Crippen LogP contribution is 2.38. The summed E-state index contributed by atoms with van der Waals surface area (Å²) in [4.78, 5) is 11.7. The Kier molecular flexibility index (Phi) is 5.22. The summed E-state index contributed by atoms with van der Waals surface area (Å²) in [5.41, 5.74) is 2.82. The maximum absolute atomic E-state index is 11.7. The number of hydrogen-bond acceptors (Lipinski definition) is 3. The number of para-hydroxylation sites is 1. The molecule has 5 heteroatoms. The van der Waals surface area contributed by atoms with Gasteiger partial charge in [0.25, 0.3) is 0 Å². The van der Waals surface area contributed by atoms with Gasteiger partial charge in [0.15, 0.2) is 0 Å². The van der Waals surface area contributed by atoms with E-state index in [1.807, 2.05) is 42.5 Å². The van der Waals surface area contributed by atoms with Crippen LogP contribution in [-0.2, 0) is 4.79 Å². The van der Waals surface area contributed by atoms with Gasteiger partial charge in [-0.1, -0.05) is 54.1 Å². The van der Waals surface area contributed by atoms with Crippen LogP contribution in [-0.4, -0.2) is 17.7 Å². The van der Waals surface area contributed by atoms with Crippen molar-refractivity contribution in [1.29, 1.82) is 0 Å². The highest BCUT2D eigenvalue weighted by atomic mass is 35.5. The first-order chi connectivity index (χ1) is 13.6. The van der Waals surface area contributed by atoms with Crippen LogP contribution in [0.15, 0.2) is 72.8 Å². The van der Waals surface area contributed by atoms with Crippen LogP contribution in [0.25, 0.3) is 0 Å². The van der Waals surface area contributed by atoms with Gasteiger partial charge in [0.05, 0.1) is 6.61 Å². The Morgan fingerprint density at radius 1 is 1.07 bits per heavy atom. The van der Waals surface area contributed by atoms with Gasteiger partial charge < -0.3 is 14.6 Å². The van der Waals surface area contributed by atoms with Gasteiger partial charge in [0, 0.05) is 22.1 Å². The largest absolute Gasteiger partial charge is 0.493 e. The molecular weight excluding hydrogens is 376 g/mol. The van der Waals surface area contributed by atoms with Crippen molar-refractivity contribution in [3.8, 4) is 11.5 Å². The number of carboxylic acids is 1. The lowest BCUT2D eigenvalue weighted by molar-refractivity contribution is -0.145. The smallest absolute Gasteiger partial charge is 0.349 e. The van der Waals surface area contributed by atoms with Crippen molar-refractivity contribution >= 4 is 17.6 Å². The normalized spacial score (nSPS) is 16.5. The number of carbonyl (C=O) groups is 1. The van der Waals surface area contributed by atoms with Crippen molar-refractivity contribution < 1.29 is 19.4 Å². The molecule has 0 spiro atoms. The predicted octanol–water partition coefficient (Wildman–Crippen LogP) is 5.46. The quantitative estimate of drug-likeness (QED) is 0.624. The average molecular weight is 395 g/mol. The predicted molar refractivity (Wildman–Crippen MR) is 107 cm³/mol. The molecule has 2 unspecified atom stereocenters. The monoisotopic (exact) mass is 394 g/mol. The summed E-state index contributed by atoms with van der Waals surface area (Å²) in [6.45, 7) is 0.676. The Balaban J connectivity index is 1.56. The van der Waals surface area contributed by atoms with Crippen LogP contribution in [0.4, 0.5) is 0 Å². The number of carboxylic acid groups (broad SMARTS) is 1. The van der Waals surface area contributed by atoms with E-state index in [-0.39, 0.29) is 5.92 Å². The van der Waals surface area contributed by atoms with Gasteiger partial charge in [-0.15, -0.1) is 0 Å². The van der Waals surface area contributed by atoms with E-state index in [2.05, 4.69) is 6.07 Å². The Hall–Kier alpha value is -2.98. The summed E-state index contributed by atoms with van der Waals surface area (Å²) in [5.74, 6) is 0.606. The zero-order valence-electron chi connectivity index (χ0n) is 15.0. The maximum Gasteiger partial charge on any atom is 0.349 e. The van der Waals surface area contributed by atoms with Gasteiger partial charge >= 0.3 is 5.97 Å². The third-order valence-electron chi connectivity index (χ3n) is 4.87. The van der Waals surface area contributed by atoms with Gasteiger partial charge in [-0.2, -0.15) is 0 Å². The summed E-state index contributed by atoms with van der Waals surface area (Å²) in [7, 11) is 0. The van der Waals surface area contributed by atoms with Crippen molar-refractivity contribution in [2.45, 2.75) is 18.4 Å². The van der Waals surface area contributed by atoms with Crippen LogP contribution in [0.5, 0.6) is 11.5 Å². The molecule has 0 bridgehead atoms. The molecule has 1 N–H and O–H groups in total. The molecule has 0 saturated carbocycles. The van der Waals surface area contributed by atoms with E-state index in [1.54, 1.807) is 24.3 Å². The SMILES string of the molecule is O=C(O)C(Oc1ccc(C2CCOc3ccccc32)cc1)c1cccc(Cl)c1. The molecule has 0 aromatic heterocycles. The van der Waals surface area contributed by atoms with E-state index in [9.17, 15) is 9.90 Å². The van der Waals surface area contributed by atoms with Crippen LogP contribution in [0, 0.1) is 0 Å². The second-order valence-electron chi connectivity index (χ2n) is 6.69. The van der Waals surface area contributed by atoms with Crippen molar-refractivity contribution in [2.75, 3.05) is 6.61 Å². The molecule has 2 atom stereocenters. The first-order valence-electron chi connectivity index (χ1n) is 9.08. The molecular formula is C23H19ClO4. The Labute approximate surface area is 168 Å². The van der Waals surface area contributed by atoms with E-state index >= 15 is 0 Å². The minimum Gasteiger partial charge on any atom is -0.493 e. The summed E-state index contributed by atoms with van der Waals surface area (Å²) in [6, 6.07) is 22.4. The van der Waals surface area contributed by atoms with Crippen LogP contribution in [0.3, 0.4) is 0 Å². The van der Waals surface area contributed by atoms with Crippen LogP contribution < -0.4 is 9.47 Å². The van der Waals surface area contributed by atoms with E-state index in [4.69, 9.17) is 21.1 Å². The summed E-state index contributed by atoms with van der Waals surface area (Å²) in [6.07, 6.45) is -0.217. The molecule has 1 aliphatic heterocycles. The molecule has 0 fully saturated rings. The fraction of sp³-hybridized carbons (Fsp3) is 0.174. The van der Waals surface area contributed by atoms with E-state index in [0.29, 0.717) is 22.9 Å². The Morgan fingerprint density at radius 3 is 2.61 bits per heavy atom. The standard InChI is InChI=1S/C23H19ClO4/c24-17-5-3-4-16(14-17)22(23(25)26)28-18-10-8-15(9-11-18)19-12-13-27-21-7-2-1-6-20(19)21/h1-11,14,19,22H,12-13H2,(H,25,26). The minimum absolute atomic E-state index is 0.252. The molecule has 4 rings (SSSR count). The fourth-order valence-electron chi connectivity index (χ4n) is 3.53. The average Bonchev–Trinajstić information content (AvgIpc) is 2.72. The van der Waals surface area contributed by atoms with Gasteiger partial charge in [0.2, 0.25) is 6.10 Å². The molecule has 3 aromatic rings. The van der Waals surface area contributed by atoms with Crippen molar-refractivity contribution in [3.63, 3.8) is 0 Å². The lowest BCUT2D eigenvalue weighted by Crippen LogP contribution is -2.18. The lowest BCUT2D eigenvalue weighted by atomic mass is 9.87. The summed E-state index contributed by atoms with van der Waals surface area (Å²) in [5, 5.41) is 10.0. The maximum atomic E-state index is 11.7. The van der Waals surface area contributed by atoms with Gasteiger partial charge in [0.1, 0.15) is 11.5 Å². The first-order valence-corrected chi connectivity index (χ1v) is 9.46. The van der Waals surface area contributed by atoms with Gasteiger partial charge in [-0.05, 0) is 42.3 Å². The number of benzene rings is 3. The summed E-state index contributed by atoms with van der Waals surface area (Å²) < 4.78 is 11.5. The van der Waals surface area contributed by atoms with Crippen molar-refractivity contribution in [2.24, 2.45) is 0 Å². The molecule has 1 heterocycles. The van der Waals surface area contributed by atoms with E-state index in [1.165, 1.54) is 5.56 Å². The van der Waals surface area contributed by atoms with Gasteiger partial charge in [-0.25, -0.2) is 4.79 Å². The zero-order chi connectivity index (χ0) is 19.5. The second-order valence-corrected chi connectivity index (χ2v) is 7.12. The van der Waals surface area contributed by atoms with E-state index < -0.39 is 12.1 Å². The van der Waals surface area contributed by atoms with Crippen LogP contribution in [0.2, 0.25) is 5.02 Å². The highest BCUT2D eigenvalue weighted by Gasteiger charge is 2.24. The number of rotatable bonds is 5. The third-order valence-corrected chi connectivity index (χ3v) is 5.11. The fourth-order valence-corrected chi connectivity index (χ4v) is 3.73. The highest BCUT2D eigenvalue weighted by molar-refractivity contribution is 6.30. The number of fused-ring (bicyclic) bond motifs is 1. The number of hydrogen-bond donors (Lipinski definition) is 1. The number of aliphatic carboxylic acids is 1. The van der Waals surface area contributed by atoms with Crippen LogP contribution >= 0.6 is 11.6 Å². The third kappa shape index (κ3) is 3.82. The molecule has 142 valence electrons.